The van der Waals surface area contributed by atoms with E-state index in [1.54, 1.807) is 11.3 Å². The lowest BCUT2D eigenvalue weighted by Gasteiger charge is -2.10. The molecule has 0 amide bonds. The fourth-order valence-corrected chi connectivity index (χ4v) is 2.25. The van der Waals surface area contributed by atoms with Crippen molar-refractivity contribution in [2.75, 3.05) is 0 Å². The Morgan fingerprint density at radius 3 is 2.40 bits per heavy atom. The van der Waals surface area contributed by atoms with E-state index in [1.165, 1.54) is 4.88 Å². The molecule has 3 heteroatoms. The van der Waals surface area contributed by atoms with E-state index in [0.29, 0.717) is 6.54 Å². The number of hydrogen-bond acceptors (Lipinski definition) is 3. The SMILES string of the molecule is NCc1ccc(C(N)c2cccs2)cc1. The van der Waals surface area contributed by atoms with Crippen LogP contribution in [0.4, 0.5) is 0 Å². The predicted molar refractivity (Wildman–Crippen MR) is 64.7 cm³/mol. The Bertz CT molecular complexity index is 406. The van der Waals surface area contributed by atoms with Gasteiger partial charge in [0.05, 0.1) is 6.04 Å². The van der Waals surface area contributed by atoms with Crippen LogP contribution in [0, 0.1) is 0 Å². The summed E-state index contributed by atoms with van der Waals surface area (Å²) in [6.07, 6.45) is 0. The zero-order valence-electron chi connectivity index (χ0n) is 8.39. The Morgan fingerprint density at radius 2 is 1.87 bits per heavy atom. The van der Waals surface area contributed by atoms with Gasteiger partial charge in [-0.3, -0.25) is 0 Å². The minimum atomic E-state index is -0.0168. The third-order valence-electron chi connectivity index (χ3n) is 2.42. The average molecular weight is 218 g/mol. The molecule has 78 valence electrons. The fourth-order valence-electron chi connectivity index (χ4n) is 1.49. The Kier molecular flexibility index (Phi) is 3.16. The van der Waals surface area contributed by atoms with Crippen LogP contribution in [0.5, 0.6) is 0 Å². The molecule has 0 aliphatic rings. The second kappa shape index (κ2) is 4.57. The van der Waals surface area contributed by atoms with Crippen LogP contribution in [-0.2, 0) is 6.54 Å². The van der Waals surface area contributed by atoms with Gasteiger partial charge in [0.2, 0.25) is 0 Å². The lowest BCUT2D eigenvalue weighted by Crippen LogP contribution is -2.10. The highest BCUT2D eigenvalue weighted by Gasteiger charge is 2.08. The van der Waals surface area contributed by atoms with Crippen molar-refractivity contribution in [2.45, 2.75) is 12.6 Å². The van der Waals surface area contributed by atoms with Crippen LogP contribution in [0.25, 0.3) is 0 Å². The van der Waals surface area contributed by atoms with Crippen molar-refractivity contribution in [1.29, 1.82) is 0 Å². The molecule has 0 bridgehead atoms. The standard InChI is InChI=1S/C12H14N2S/c13-8-9-3-5-10(6-4-9)12(14)11-2-1-7-15-11/h1-7,12H,8,13-14H2. The van der Waals surface area contributed by atoms with Gasteiger partial charge in [0.25, 0.3) is 0 Å². The lowest BCUT2D eigenvalue weighted by molar-refractivity contribution is 0.890. The fraction of sp³-hybridized carbons (Fsp3) is 0.167. The van der Waals surface area contributed by atoms with Crippen LogP contribution in [0.2, 0.25) is 0 Å². The van der Waals surface area contributed by atoms with E-state index in [1.807, 2.05) is 35.7 Å². The molecule has 0 saturated heterocycles. The highest BCUT2D eigenvalue weighted by atomic mass is 32.1. The van der Waals surface area contributed by atoms with Crippen LogP contribution >= 0.6 is 11.3 Å². The van der Waals surface area contributed by atoms with Crippen molar-refractivity contribution in [3.63, 3.8) is 0 Å². The van der Waals surface area contributed by atoms with Gasteiger partial charge in [0.15, 0.2) is 0 Å². The lowest BCUT2D eigenvalue weighted by atomic mass is 10.0. The van der Waals surface area contributed by atoms with E-state index in [-0.39, 0.29) is 6.04 Å². The molecule has 1 heterocycles. The molecule has 0 radical (unpaired) electrons. The van der Waals surface area contributed by atoms with Gasteiger partial charge in [-0.05, 0) is 22.6 Å². The molecule has 1 aromatic carbocycles. The van der Waals surface area contributed by atoms with Crippen molar-refractivity contribution < 1.29 is 0 Å². The van der Waals surface area contributed by atoms with Gasteiger partial charge in [0.1, 0.15) is 0 Å². The van der Waals surface area contributed by atoms with E-state index in [2.05, 4.69) is 6.07 Å². The van der Waals surface area contributed by atoms with Crippen molar-refractivity contribution in [2.24, 2.45) is 11.5 Å². The third kappa shape index (κ3) is 2.26. The van der Waals surface area contributed by atoms with Gasteiger partial charge in [-0.25, -0.2) is 0 Å². The molecule has 4 N–H and O–H groups in total. The summed E-state index contributed by atoms with van der Waals surface area (Å²) >= 11 is 1.69. The molecule has 2 aromatic rings. The summed E-state index contributed by atoms with van der Waals surface area (Å²) < 4.78 is 0. The van der Waals surface area contributed by atoms with Gasteiger partial charge in [0, 0.05) is 11.4 Å². The second-order valence-electron chi connectivity index (χ2n) is 3.44. The highest BCUT2D eigenvalue weighted by Crippen LogP contribution is 2.23. The molecular formula is C12H14N2S. The van der Waals surface area contributed by atoms with Crippen molar-refractivity contribution in [3.05, 3.63) is 57.8 Å². The predicted octanol–water partition coefficient (Wildman–Crippen LogP) is 2.25. The Balaban J connectivity index is 2.22. The summed E-state index contributed by atoms with van der Waals surface area (Å²) in [5, 5.41) is 2.05. The molecule has 1 atom stereocenters. The van der Waals surface area contributed by atoms with E-state index >= 15 is 0 Å². The molecule has 0 aliphatic carbocycles. The van der Waals surface area contributed by atoms with Crippen LogP contribution < -0.4 is 11.5 Å². The molecule has 0 spiro atoms. The molecule has 2 nitrogen and oxygen atoms in total. The van der Waals surface area contributed by atoms with Crippen molar-refractivity contribution in [3.8, 4) is 0 Å². The maximum absolute atomic E-state index is 6.13. The first-order valence-corrected chi connectivity index (χ1v) is 5.77. The first kappa shape index (κ1) is 10.4. The smallest absolute Gasteiger partial charge is 0.0645 e. The number of thiophene rings is 1. The monoisotopic (exact) mass is 218 g/mol. The molecule has 1 unspecified atom stereocenters. The molecule has 15 heavy (non-hydrogen) atoms. The molecule has 1 aromatic heterocycles. The number of nitrogens with two attached hydrogens (primary N) is 2. The van der Waals surface area contributed by atoms with Crippen molar-refractivity contribution >= 4 is 11.3 Å². The van der Waals surface area contributed by atoms with Gasteiger partial charge >= 0.3 is 0 Å². The maximum atomic E-state index is 6.13. The zero-order chi connectivity index (χ0) is 10.7. The molecule has 0 aliphatic heterocycles. The summed E-state index contributed by atoms with van der Waals surface area (Å²) in [5.41, 5.74) is 13.9. The van der Waals surface area contributed by atoms with Gasteiger partial charge in [-0.1, -0.05) is 30.3 Å². The Morgan fingerprint density at radius 1 is 1.13 bits per heavy atom. The molecule has 0 fully saturated rings. The zero-order valence-corrected chi connectivity index (χ0v) is 9.21. The summed E-state index contributed by atoms with van der Waals surface area (Å²) in [4.78, 5) is 1.19. The minimum absolute atomic E-state index is 0.0168. The Hall–Kier alpha value is -1.16. The maximum Gasteiger partial charge on any atom is 0.0645 e. The molecule has 0 saturated carbocycles. The van der Waals surface area contributed by atoms with E-state index in [9.17, 15) is 0 Å². The van der Waals surface area contributed by atoms with Crippen LogP contribution in [-0.4, -0.2) is 0 Å². The summed E-state index contributed by atoms with van der Waals surface area (Å²) in [6.45, 7) is 0.578. The summed E-state index contributed by atoms with van der Waals surface area (Å²) in [7, 11) is 0. The summed E-state index contributed by atoms with van der Waals surface area (Å²) in [5.74, 6) is 0. The highest BCUT2D eigenvalue weighted by molar-refractivity contribution is 7.10. The third-order valence-corrected chi connectivity index (χ3v) is 3.38. The topological polar surface area (TPSA) is 52.0 Å². The van der Waals surface area contributed by atoms with E-state index in [4.69, 9.17) is 11.5 Å². The Labute approximate surface area is 93.5 Å². The van der Waals surface area contributed by atoms with E-state index < -0.39 is 0 Å². The van der Waals surface area contributed by atoms with Crippen LogP contribution in [0.1, 0.15) is 22.0 Å². The molecule has 2 rings (SSSR count). The van der Waals surface area contributed by atoms with Crippen LogP contribution in [0.15, 0.2) is 41.8 Å². The second-order valence-corrected chi connectivity index (χ2v) is 4.42. The first-order valence-electron chi connectivity index (χ1n) is 4.89. The molecular weight excluding hydrogens is 204 g/mol. The number of rotatable bonds is 3. The van der Waals surface area contributed by atoms with E-state index in [0.717, 1.165) is 11.1 Å². The number of hydrogen-bond donors (Lipinski definition) is 2. The van der Waals surface area contributed by atoms with Gasteiger partial charge < -0.3 is 11.5 Å². The number of benzene rings is 1. The van der Waals surface area contributed by atoms with Crippen molar-refractivity contribution in [1.82, 2.24) is 0 Å². The minimum Gasteiger partial charge on any atom is -0.326 e. The first-order chi connectivity index (χ1) is 7.31. The van der Waals surface area contributed by atoms with Crippen LogP contribution in [0.3, 0.4) is 0 Å². The largest absolute Gasteiger partial charge is 0.326 e. The average Bonchev–Trinajstić information content (AvgIpc) is 2.82. The van der Waals surface area contributed by atoms with Gasteiger partial charge in [-0.15, -0.1) is 11.3 Å². The quantitative estimate of drug-likeness (QED) is 0.830. The normalized spacial score (nSPS) is 12.7. The summed E-state index contributed by atoms with van der Waals surface area (Å²) in [6, 6.07) is 12.2. The van der Waals surface area contributed by atoms with Gasteiger partial charge in [-0.2, -0.15) is 0 Å².